The zero-order valence-electron chi connectivity index (χ0n) is 39.0. The Balaban J connectivity index is 0.836. The van der Waals surface area contributed by atoms with Crippen LogP contribution in [0.4, 0.5) is 18.4 Å². The predicted octanol–water partition coefficient (Wildman–Crippen LogP) is 7.67. The van der Waals surface area contributed by atoms with E-state index < -0.39 is 54.0 Å². The van der Waals surface area contributed by atoms with Crippen LogP contribution >= 0.6 is 0 Å². The summed E-state index contributed by atoms with van der Waals surface area (Å²) in [4.78, 5) is 73.1. The lowest BCUT2D eigenvalue weighted by molar-refractivity contribution is -0.153. The molecule has 0 bridgehead atoms. The minimum atomic E-state index is -3.33. The maximum absolute atomic E-state index is 16.8. The molecule has 0 saturated carbocycles. The number of carbonyl (C=O) groups is 4. The number of imidazole rings is 2. The molecule has 6 heterocycles. The van der Waals surface area contributed by atoms with Crippen molar-refractivity contribution in [1.82, 2.24) is 40.4 Å². The highest BCUT2D eigenvalue weighted by Crippen LogP contribution is 2.53. The molecule has 1 aliphatic carbocycles. The summed E-state index contributed by atoms with van der Waals surface area (Å²) in [6.07, 6.45) is 3.07. The number of carbonyl (C=O) groups excluding carboxylic acids is 4. The summed E-state index contributed by atoms with van der Waals surface area (Å²) < 4.78 is 60.9. The second-order valence-electron chi connectivity index (χ2n) is 18.7. The number of H-pyrrole nitrogens is 2. The molecule has 4 saturated heterocycles. The van der Waals surface area contributed by atoms with Crippen molar-refractivity contribution in [1.29, 1.82) is 0 Å². The number of fused-ring (bicyclic) bond motifs is 4. The highest BCUT2D eigenvalue weighted by atomic mass is 19.3. The van der Waals surface area contributed by atoms with Gasteiger partial charge < -0.3 is 54.1 Å². The number of ether oxygens (including phenoxy) is 5. The number of likely N-dealkylation sites (tertiary alicyclic amines) is 2. The lowest BCUT2D eigenvalue weighted by atomic mass is 9.90. The molecule has 4 amide bonds. The van der Waals surface area contributed by atoms with Crippen molar-refractivity contribution in [2.24, 2.45) is 5.92 Å². The van der Waals surface area contributed by atoms with Crippen LogP contribution in [0.2, 0.25) is 0 Å². The number of aromatic amines is 2. The van der Waals surface area contributed by atoms with Crippen molar-refractivity contribution in [2.45, 2.75) is 68.0 Å². The molecule has 2 aromatic heterocycles. The number of nitrogens with zero attached hydrogens (tertiary/aromatic N) is 4. The molecule has 17 nitrogen and oxygen atoms in total. The third kappa shape index (κ3) is 8.44. The van der Waals surface area contributed by atoms with Crippen LogP contribution in [0.3, 0.4) is 0 Å². The molecule has 19 heteroatoms. The largest absolute Gasteiger partial charge is 0.453 e. The molecule has 71 heavy (non-hydrogen) atoms. The minimum absolute atomic E-state index is 0.0964. The maximum atomic E-state index is 16.8. The number of alkyl carbamates (subject to hydrolysis) is 2. The maximum Gasteiger partial charge on any atom is 0.407 e. The Morgan fingerprint density at radius 3 is 2.15 bits per heavy atom. The number of amides is 4. The van der Waals surface area contributed by atoms with Crippen molar-refractivity contribution < 1.29 is 51.6 Å². The number of rotatable bonds is 10. The third-order valence-electron chi connectivity index (χ3n) is 14.6. The Labute approximate surface area is 406 Å². The number of benzene rings is 4. The van der Waals surface area contributed by atoms with Gasteiger partial charge in [-0.1, -0.05) is 60.7 Å². The van der Waals surface area contributed by atoms with E-state index in [2.05, 4.69) is 25.6 Å². The molecule has 368 valence electrons. The number of hydrogen-bond acceptors (Lipinski definition) is 11. The summed E-state index contributed by atoms with van der Waals surface area (Å²) in [6, 6.07) is 21.6. The molecule has 4 aliphatic heterocycles. The Hall–Kier alpha value is -7.22. The standard InChI is InChI=1S/C52H52F2N8O9/c1-67-49(65)59-43(29-7-4-3-5-8-29)48(64)62-28-51(70-21-22-71-51)26-42(62)46-56-38-15-12-32(25-39(38)57-46)31-10-13-34-35-14-11-33(24-37(35)52(53,54)36(34)23-31)40-27-55-45(58-40)41-9-6-18-61(41)47(63)44(60-50(66)68-2)30-16-19-69-20-17-30/h3-5,7-8,10-15,23-25,27,30,41-44H,6,9,16-22,26,28H2,1-2H3,(H,55,58)(H,56,57)(H,59,65)(H,60,66)/t41-,42-,43+,44?/m0/s1. The molecule has 11 rings (SSSR count). The molecule has 4 atom stereocenters. The first kappa shape index (κ1) is 46.2. The van der Waals surface area contributed by atoms with Gasteiger partial charge in [0, 0.05) is 42.9 Å². The molecule has 6 aromatic rings. The van der Waals surface area contributed by atoms with Crippen LogP contribution in [0.15, 0.2) is 91.1 Å². The van der Waals surface area contributed by atoms with E-state index in [1.807, 2.05) is 30.3 Å². The summed E-state index contributed by atoms with van der Waals surface area (Å²) in [6.45, 7) is 2.29. The zero-order chi connectivity index (χ0) is 49.0. The fourth-order valence-corrected chi connectivity index (χ4v) is 11.0. The molecule has 1 spiro atoms. The van der Waals surface area contributed by atoms with Gasteiger partial charge in [-0.2, -0.15) is 8.78 Å². The van der Waals surface area contributed by atoms with Gasteiger partial charge in [0.1, 0.15) is 23.7 Å². The average molecular weight is 971 g/mol. The number of alkyl halides is 2. The topological polar surface area (TPSA) is 202 Å². The Kier molecular flexibility index (Phi) is 12.0. The molecule has 5 aliphatic rings. The number of nitrogens with one attached hydrogen (secondary N) is 4. The van der Waals surface area contributed by atoms with Crippen molar-refractivity contribution in [3.05, 3.63) is 119 Å². The van der Waals surface area contributed by atoms with E-state index in [4.69, 9.17) is 28.7 Å². The molecule has 4 fully saturated rings. The molecule has 0 radical (unpaired) electrons. The van der Waals surface area contributed by atoms with Gasteiger partial charge in [0.15, 0.2) is 5.79 Å². The van der Waals surface area contributed by atoms with E-state index in [-0.39, 0.29) is 35.9 Å². The van der Waals surface area contributed by atoms with Gasteiger partial charge in [-0.3, -0.25) is 9.59 Å². The van der Waals surface area contributed by atoms with Crippen LogP contribution in [0.1, 0.15) is 78.6 Å². The van der Waals surface area contributed by atoms with E-state index >= 15 is 8.78 Å². The summed E-state index contributed by atoms with van der Waals surface area (Å²) in [7, 11) is 2.50. The van der Waals surface area contributed by atoms with Crippen LogP contribution in [0, 0.1) is 5.92 Å². The second-order valence-corrected chi connectivity index (χ2v) is 18.7. The van der Waals surface area contributed by atoms with Gasteiger partial charge in [-0.05, 0) is 83.7 Å². The van der Waals surface area contributed by atoms with Gasteiger partial charge in [0.2, 0.25) is 5.91 Å². The Morgan fingerprint density at radius 2 is 1.42 bits per heavy atom. The van der Waals surface area contributed by atoms with Gasteiger partial charge >= 0.3 is 12.2 Å². The van der Waals surface area contributed by atoms with Crippen LogP contribution in [-0.2, 0) is 39.2 Å². The quantitative estimate of drug-likeness (QED) is 0.105. The zero-order valence-corrected chi connectivity index (χ0v) is 39.0. The van der Waals surface area contributed by atoms with Crippen molar-refractivity contribution in [3.8, 4) is 33.5 Å². The summed E-state index contributed by atoms with van der Waals surface area (Å²) in [5, 5.41) is 5.45. The number of methoxy groups -OCH3 is 2. The predicted molar refractivity (Wildman–Crippen MR) is 253 cm³/mol. The molecular formula is C52H52F2N8O9. The summed E-state index contributed by atoms with van der Waals surface area (Å²) in [5.74, 6) is -4.11. The van der Waals surface area contributed by atoms with E-state index in [0.29, 0.717) is 114 Å². The average Bonchev–Trinajstić information content (AvgIpc) is 4.28. The van der Waals surface area contributed by atoms with E-state index in [0.717, 1.165) is 6.42 Å². The first-order valence-electron chi connectivity index (χ1n) is 23.9. The number of hydrogen-bond donors (Lipinski definition) is 4. The second kappa shape index (κ2) is 18.5. The minimum Gasteiger partial charge on any atom is -0.453 e. The summed E-state index contributed by atoms with van der Waals surface area (Å²) in [5.41, 5.74) is 4.73. The summed E-state index contributed by atoms with van der Waals surface area (Å²) >= 11 is 0. The highest BCUT2D eigenvalue weighted by molar-refractivity contribution is 5.89. The van der Waals surface area contributed by atoms with Crippen LogP contribution in [-0.4, -0.2) is 119 Å². The van der Waals surface area contributed by atoms with Crippen molar-refractivity contribution in [2.75, 3.05) is 53.7 Å². The van der Waals surface area contributed by atoms with E-state index in [9.17, 15) is 19.2 Å². The Bertz CT molecular complexity index is 3020. The van der Waals surface area contributed by atoms with E-state index in [1.165, 1.54) is 26.4 Å². The SMILES string of the molecule is COC(=O)NC(C(=O)N1CCC[C@H]1c1ncc(-c2ccc3c(c2)C(F)(F)c2cc(-c4ccc5nc([C@@H]6CC7(CN6C(=O)[C@H](NC(=O)OC)c6ccccc6)OCCO7)[nH]c5c4)ccc2-3)[nH]1)C1CCOCC1. The highest BCUT2D eigenvalue weighted by Gasteiger charge is 2.53. The first-order chi connectivity index (χ1) is 34.4. The molecular weight excluding hydrogens is 919 g/mol. The number of halogens is 2. The van der Waals surface area contributed by atoms with Crippen LogP contribution < -0.4 is 10.6 Å². The lowest BCUT2D eigenvalue weighted by Crippen LogP contribution is -2.53. The third-order valence-corrected chi connectivity index (χ3v) is 14.6. The van der Waals surface area contributed by atoms with Crippen LogP contribution in [0.5, 0.6) is 0 Å². The lowest BCUT2D eigenvalue weighted by Gasteiger charge is -2.34. The smallest absolute Gasteiger partial charge is 0.407 e. The van der Waals surface area contributed by atoms with Gasteiger partial charge in [0.05, 0.1) is 69.0 Å². The van der Waals surface area contributed by atoms with Crippen molar-refractivity contribution >= 4 is 35.0 Å². The normalized spacial score (nSPS) is 21.0. The van der Waals surface area contributed by atoms with E-state index in [1.54, 1.807) is 58.5 Å². The fourth-order valence-electron chi connectivity index (χ4n) is 11.0. The van der Waals surface area contributed by atoms with Crippen molar-refractivity contribution in [3.63, 3.8) is 0 Å². The first-order valence-corrected chi connectivity index (χ1v) is 23.9. The molecule has 4 N–H and O–H groups in total. The van der Waals surface area contributed by atoms with Gasteiger partial charge in [-0.15, -0.1) is 0 Å². The number of aromatic nitrogens is 4. The molecule has 4 aromatic carbocycles. The monoisotopic (exact) mass is 970 g/mol. The van der Waals surface area contributed by atoms with Gasteiger partial charge in [0.25, 0.3) is 11.8 Å². The Morgan fingerprint density at radius 1 is 0.746 bits per heavy atom. The fraction of sp³-hybridized carbons (Fsp3) is 0.385. The van der Waals surface area contributed by atoms with Gasteiger partial charge in [-0.25, -0.2) is 19.6 Å². The van der Waals surface area contributed by atoms with Crippen LogP contribution in [0.25, 0.3) is 44.5 Å². The molecule has 1 unspecified atom stereocenters.